The summed E-state index contributed by atoms with van der Waals surface area (Å²) in [4.78, 5) is 0. The smallest absolute Gasteiger partial charge is 0.254 e. The normalized spacial score (nSPS) is 10.5. The summed E-state index contributed by atoms with van der Waals surface area (Å²) in [6.45, 7) is -0.00208. The summed E-state index contributed by atoms with van der Waals surface area (Å²) in [5.41, 5.74) is 0.740. The predicted molar refractivity (Wildman–Crippen MR) is 77.0 cm³/mol. The minimum absolute atomic E-state index is 0.00208. The zero-order valence-electron chi connectivity index (χ0n) is 11.8. The van der Waals surface area contributed by atoms with Crippen LogP contribution in [0.1, 0.15) is 5.89 Å². The second kappa shape index (κ2) is 6.26. The van der Waals surface area contributed by atoms with Gasteiger partial charge in [-0.05, 0) is 30.3 Å². The lowest BCUT2D eigenvalue weighted by Crippen LogP contribution is -1.97. The van der Waals surface area contributed by atoms with Gasteiger partial charge in [0, 0.05) is 5.56 Å². The summed E-state index contributed by atoms with van der Waals surface area (Å²) in [6, 6.07) is 13.4. The van der Waals surface area contributed by atoms with Crippen LogP contribution in [0.15, 0.2) is 52.9 Å². The van der Waals surface area contributed by atoms with Gasteiger partial charge in [-0.15, -0.1) is 10.2 Å². The molecule has 0 fully saturated rings. The number of hydrogen-bond donors (Lipinski definition) is 0. The van der Waals surface area contributed by atoms with Crippen molar-refractivity contribution < 1.29 is 18.3 Å². The number of nitrogens with zero attached hydrogens (tertiary/aromatic N) is 2. The number of ether oxygens (including phenoxy) is 2. The van der Waals surface area contributed by atoms with Gasteiger partial charge in [0.25, 0.3) is 5.89 Å². The van der Waals surface area contributed by atoms with E-state index in [1.807, 2.05) is 18.2 Å². The van der Waals surface area contributed by atoms with E-state index in [4.69, 9.17) is 13.9 Å². The fraction of sp³-hybridized carbons (Fsp3) is 0.125. The Bertz CT molecular complexity index is 773. The number of aromatic nitrogens is 2. The molecule has 0 amide bonds. The first kappa shape index (κ1) is 14.1. The molecule has 0 spiro atoms. The largest absolute Gasteiger partial charge is 0.497 e. The number of rotatable bonds is 5. The predicted octanol–water partition coefficient (Wildman–Crippen LogP) is 3.46. The van der Waals surface area contributed by atoms with Crippen molar-refractivity contribution in [3.8, 4) is 23.0 Å². The molecule has 0 saturated carbocycles. The Labute approximate surface area is 126 Å². The van der Waals surface area contributed by atoms with E-state index in [-0.39, 0.29) is 18.2 Å². The number of methoxy groups -OCH3 is 1. The van der Waals surface area contributed by atoms with Gasteiger partial charge >= 0.3 is 0 Å². The van der Waals surface area contributed by atoms with Gasteiger partial charge in [-0.3, -0.25) is 0 Å². The van der Waals surface area contributed by atoms with Gasteiger partial charge in [0.15, 0.2) is 18.2 Å². The number of benzene rings is 2. The molecule has 22 heavy (non-hydrogen) atoms. The van der Waals surface area contributed by atoms with Gasteiger partial charge in [-0.2, -0.15) is 0 Å². The summed E-state index contributed by atoms with van der Waals surface area (Å²) >= 11 is 0. The van der Waals surface area contributed by atoms with Gasteiger partial charge in [0.2, 0.25) is 5.89 Å². The van der Waals surface area contributed by atoms with Crippen LogP contribution in [0.2, 0.25) is 0 Å². The highest BCUT2D eigenvalue weighted by Crippen LogP contribution is 2.23. The van der Waals surface area contributed by atoms with Crippen LogP contribution in [0.4, 0.5) is 4.39 Å². The molecule has 0 aliphatic rings. The fourth-order valence-corrected chi connectivity index (χ4v) is 1.89. The third-order valence-electron chi connectivity index (χ3n) is 2.97. The second-order valence-corrected chi connectivity index (χ2v) is 4.45. The number of para-hydroxylation sites is 1. The molecule has 3 rings (SSSR count). The first-order chi connectivity index (χ1) is 10.8. The van der Waals surface area contributed by atoms with Crippen LogP contribution < -0.4 is 9.47 Å². The molecule has 0 aliphatic carbocycles. The Hall–Kier alpha value is -2.89. The van der Waals surface area contributed by atoms with E-state index in [0.717, 1.165) is 5.56 Å². The Morgan fingerprint density at radius 1 is 1.09 bits per heavy atom. The lowest BCUT2D eigenvalue weighted by Gasteiger charge is -2.03. The first-order valence-electron chi connectivity index (χ1n) is 6.60. The van der Waals surface area contributed by atoms with E-state index >= 15 is 0 Å². The summed E-state index contributed by atoms with van der Waals surface area (Å²) < 4.78 is 29.4. The van der Waals surface area contributed by atoms with Gasteiger partial charge in [-0.25, -0.2) is 4.39 Å². The molecule has 0 radical (unpaired) electrons. The van der Waals surface area contributed by atoms with Crippen LogP contribution in [0, 0.1) is 5.82 Å². The van der Waals surface area contributed by atoms with Crippen LogP contribution in [-0.4, -0.2) is 17.3 Å². The van der Waals surface area contributed by atoms with E-state index in [9.17, 15) is 4.39 Å². The summed E-state index contributed by atoms with van der Waals surface area (Å²) in [5.74, 6) is 1.02. The number of hydrogen-bond acceptors (Lipinski definition) is 5. The molecule has 5 nitrogen and oxygen atoms in total. The molecule has 0 unspecified atom stereocenters. The third kappa shape index (κ3) is 3.06. The SMILES string of the molecule is COc1cccc(-c2nnc(COc3ccccc3F)o2)c1. The molecular weight excluding hydrogens is 287 g/mol. The standard InChI is InChI=1S/C16H13FN2O3/c1-20-12-6-4-5-11(9-12)16-19-18-15(22-16)10-21-14-8-3-2-7-13(14)17/h2-9H,10H2,1H3. The molecule has 3 aromatic rings. The Morgan fingerprint density at radius 2 is 1.95 bits per heavy atom. The van der Waals surface area contributed by atoms with E-state index in [2.05, 4.69) is 10.2 Å². The molecule has 112 valence electrons. The van der Waals surface area contributed by atoms with E-state index in [1.54, 1.807) is 25.3 Å². The van der Waals surface area contributed by atoms with Crippen molar-refractivity contribution in [2.24, 2.45) is 0 Å². The van der Waals surface area contributed by atoms with E-state index in [0.29, 0.717) is 11.6 Å². The van der Waals surface area contributed by atoms with Crippen molar-refractivity contribution in [1.82, 2.24) is 10.2 Å². The van der Waals surface area contributed by atoms with Crippen molar-refractivity contribution in [3.63, 3.8) is 0 Å². The van der Waals surface area contributed by atoms with Crippen LogP contribution in [0.25, 0.3) is 11.5 Å². The van der Waals surface area contributed by atoms with Crippen LogP contribution >= 0.6 is 0 Å². The Kier molecular flexibility index (Phi) is 4.00. The topological polar surface area (TPSA) is 57.4 Å². The Balaban J connectivity index is 1.72. The number of halogens is 1. The molecule has 6 heteroatoms. The lowest BCUT2D eigenvalue weighted by atomic mass is 10.2. The van der Waals surface area contributed by atoms with Crippen LogP contribution in [0.3, 0.4) is 0 Å². The highest BCUT2D eigenvalue weighted by Gasteiger charge is 2.11. The maximum Gasteiger partial charge on any atom is 0.254 e. The van der Waals surface area contributed by atoms with E-state index < -0.39 is 5.82 Å². The van der Waals surface area contributed by atoms with Crippen LogP contribution in [-0.2, 0) is 6.61 Å². The molecule has 0 N–H and O–H groups in total. The average molecular weight is 300 g/mol. The molecule has 1 heterocycles. The van der Waals surface area contributed by atoms with Gasteiger partial charge < -0.3 is 13.9 Å². The maximum atomic E-state index is 13.4. The van der Waals surface area contributed by atoms with E-state index in [1.165, 1.54) is 12.1 Å². The Morgan fingerprint density at radius 3 is 2.77 bits per heavy atom. The third-order valence-corrected chi connectivity index (χ3v) is 2.97. The van der Waals surface area contributed by atoms with Gasteiger partial charge in [-0.1, -0.05) is 18.2 Å². The van der Waals surface area contributed by atoms with Gasteiger partial charge in [0.05, 0.1) is 7.11 Å². The highest BCUT2D eigenvalue weighted by atomic mass is 19.1. The van der Waals surface area contributed by atoms with Gasteiger partial charge in [0.1, 0.15) is 5.75 Å². The molecule has 0 saturated heterocycles. The molecule has 0 bridgehead atoms. The second-order valence-electron chi connectivity index (χ2n) is 4.45. The summed E-state index contributed by atoms with van der Waals surface area (Å²) in [5, 5.41) is 7.84. The van der Waals surface area contributed by atoms with Crippen molar-refractivity contribution >= 4 is 0 Å². The molecular formula is C16H13FN2O3. The highest BCUT2D eigenvalue weighted by molar-refractivity contribution is 5.55. The first-order valence-corrected chi connectivity index (χ1v) is 6.60. The zero-order chi connectivity index (χ0) is 15.4. The molecule has 0 aliphatic heterocycles. The zero-order valence-corrected chi connectivity index (χ0v) is 11.8. The fourth-order valence-electron chi connectivity index (χ4n) is 1.89. The van der Waals surface area contributed by atoms with Crippen molar-refractivity contribution in [2.45, 2.75) is 6.61 Å². The van der Waals surface area contributed by atoms with Crippen molar-refractivity contribution in [1.29, 1.82) is 0 Å². The summed E-state index contributed by atoms with van der Waals surface area (Å²) in [6.07, 6.45) is 0. The minimum atomic E-state index is -0.435. The molecule has 0 atom stereocenters. The minimum Gasteiger partial charge on any atom is -0.497 e. The summed E-state index contributed by atoms with van der Waals surface area (Å²) in [7, 11) is 1.58. The molecule has 1 aromatic heterocycles. The maximum absolute atomic E-state index is 13.4. The van der Waals surface area contributed by atoms with Crippen LogP contribution in [0.5, 0.6) is 11.5 Å². The lowest BCUT2D eigenvalue weighted by molar-refractivity contribution is 0.253. The van der Waals surface area contributed by atoms with Crippen molar-refractivity contribution in [2.75, 3.05) is 7.11 Å². The van der Waals surface area contributed by atoms with Crippen molar-refractivity contribution in [3.05, 3.63) is 60.2 Å². The molecule has 2 aromatic carbocycles. The monoisotopic (exact) mass is 300 g/mol. The quantitative estimate of drug-likeness (QED) is 0.722. The average Bonchev–Trinajstić information content (AvgIpc) is 3.03.